The summed E-state index contributed by atoms with van der Waals surface area (Å²) in [6, 6.07) is 11.6. The molecule has 3 heterocycles. The topological polar surface area (TPSA) is 67.2 Å². The minimum atomic E-state index is -0.424. The first kappa shape index (κ1) is 17.7. The highest BCUT2D eigenvalue weighted by atomic mass is 16.2. The third-order valence-corrected chi connectivity index (χ3v) is 4.89. The molecule has 0 bridgehead atoms. The van der Waals surface area contributed by atoms with Crippen LogP contribution in [0.2, 0.25) is 0 Å². The number of carbonyl (C=O) groups is 2. The molecule has 1 aliphatic heterocycles. The summed E-state index contributed by atoms with van der Waals surface area (Å²) in [7, 11) is 0. The first-order valence-electron chi connectivity index (χ1n) is 8.99. The van der Waals surface area contributed by atoms with Gasteiger partial charge in [-0.3, -0.25) is 14.7 Å². The number of pyridine rings is 1. The summed E-state index contributed by atoms with van der Waals surface area (Å²) in [5.74, 6) is -0.341. The summed E-state index contributed by atoms with van der Waals surface area (Å²) < 4.78 is 2.13. The van der Waals surface area contributed by atoms with Crippen molar-refractivity contribution in [3.05, 3.63) is 77.9 Å². The van der Waals surface area contributed by atoms with Crippen molar-refractivity contribution in [1.29, 1.82) is 0 Å². The number of nitrogens with zero attached hydrogens (tertiary/aromatic N) is 3. The van der Waals surface area contributed by atoms with Crippen LogP contribution < -0.4 is 5.32 Å². The SMILES string of the molecule is C=CCN1C(=O)N/C(=C/c2cc(C)n(-c3ccc4ncccc4c3)c2C)C1=O. The van der Waals surface area contributed by atoms with Gasteiger partial charge in [-0.25, -0.2) is 4.79 Å². The predicted molar refractivity (Wildman–Crippen MR) is 109 cm³/mol. The molecule has 1 saturated heterocycles. The second-order valence-corrected chi connectivity index (χ2v) is 6.73. The fourth-order valence-corrected chi connectivity index (χ4v) is 3.56. The summed E-state index contributed by atoms with van der Waals surface area (Å²) in [6.45, 7) is 7.78. The van der Waals surface area contributed by atoms with Crippen molar-refractivity contribution in [2.45, 2.75) is 13.8 Å². The number of fused-ring (bicyclic) bond motifs is 1. The van der Waals surface area contributed by atoms with Crippen LogP contribution in [0, 0.1) is 13.8 Å². The van der Waals surface area contributed by atoms with E-state index in [9.17, 15) is 9.59 Å². The van der Waals surface area contributed by atoms with E-state index < -0.39 is 6.03 Å². The zero-order valence-electron chi connectivity index (χ0n) is 15.8. The summed E-state index contributed by atoms with van der Waals surface area (Å²) in [4.78, 5) is 29.9. The monoisotopic (exact) mass is 372 g/mol. The number of nitrogens with one attached hydrogen (secondary N) is 1. The normalized spacial score (nSPS) is 15.5. The Balaban J connectivity index is 1.74. The Morgan fingerprint density at radius 2 is 2.00 bits per heavy atom. The highest BCUT2D eigenvalue weighted by Gasteiger charge is 2.32. The van der Waals surface area contributed by atoms with Crippen LogP contribution in [0.15, 0.2) is 60.9 Å². The van der Waals surface area contributed by atoms with E-state index >= 15 is 0 Å². The van der Waals surface area contributed by atoms with Gasteiger partial charge >= 0.3 is 6.03 Å². The van der Waals surface area contributed by atoms with E-state index in [0.717, 1.165) is 38.4 Å². The average molecular weight is 372 g/mol. The quantitative estimate of drug-likeness (QED) is 0.431. The molecule has 3 aromatic rings. The van der Waals surface area contributed by atoms with Crippen molar-refractivity contribution in [2.24, 2.45) is 0 Å². The van der Waals surface area contributed by atoms with Crippen molar-refractivity contribution in [2.75, 3.05) is 6.54 Å². The van der Waals surface area contributed by atoms with Gasteiger partial charge in [0, 0.05) is 35.2 Å². The van der Waals surface area contributed by atoms with Crippen molar-refractivity contribution in [3.63, 3.8) is 0 Å². The van der Waals surface area contributed by atoms with Crippen LogP contribution >= 0.6 is 0 Å². The van der Waals surface area contributed by atoms with Crippen LogP contribution in [-0.2, 0) is 4.79 Å². The third-order valence-electron chi connectivity index (χ3n) is 4.89. The lowest BCUT2D eigenvalue weighted by Gasteiger charge is -2.10. The maximum absolute atomic E-state index is 12.4. The van der Waals surface area contributed by atoms with Crippen LogP contribution in [0.5, 0.6) is 0 Å². The number of aryl methyl sites for hydroxylation is 1. The lowest BCUT2D eigenvalue weighted by molar-refractivity contribution is -0.122. The number of hydrogen-bond donors (Lipinski definition) is 1. The second-order valence-electron chi connectivity index (χ2n) is 6.73. The number of amides is 3. The molecule has 1 aromatic carbocycles. The van der Waals surface area contributed by atoms with Gasteiger partial charge < -0.3 is 9.88 Å². The van der Waals surface area contributed by atoms with Gasteiger partial charge in [0.25, 0.3) is 5.91 Å². The van der Waals surface area contributed by atoms with E-state index in [1.54, 1.807) is 12.3 Å². The molecule has 140 valence electrons. The number of imide groups is 1. The average Bonchev–Trinajstić information content (AvgIpc) is 3.11. The van der Waals surface area contributed by atoms with Crippen LogP contribution in [0.1, 0.15) is 17.0 Å². The van der Waals surface area contributed by atoms with E-state index in [1.165, 1.54) is 6.08 Å². The van der Waals surface area contributed by atoms with Crippen molar-refractivity contribution >= 4 is 28.9 Å². The molecular formula is C22H20N4O2. The number of urea groups is 1. The van der Waals surface area contributed by atoms with E-state index in [0.29, 0.717) is 0 Å². The van der Waals surface area contributed by atoms with Crippen LogP contribution in [0.4, 0.5) is 4.79 Å². The number of hydrogen-bond acceptors (Lipinski definition) is 3. The summed E-state index contributed by atoms with van der Waals surface area (Å²) in [5.41, 5.74) is 5.14. The second kappa shape index (κ2) is 6.81. The molecule has 0 aliphatic carbocycles. The van der Waals surface area contributed by atoms with Gasteiger partial charge in [-0.1, -0.05) is 12.1 Å². The fourth-order valence-electron chi connectivity index (χ4n) is 3.56. The number of rotatable bonds is 4. The lowest BCUT2D eigenvalue weighted by atomic mass is 10.2. The van der Waals surface area contributed by atoms with Gasteiger partial charge in [0.15, 0.2) is 0 Å². The lowest BCUT2D eigenvalue weighted by Crippen LogP contribution is -2.30. The molecule has 6 nitrogen and oxygen atoms in total. The fraction of sp³-hybridized carbons (Fsp3) is 0.136. The van der Waals surface area contributed by atoms with Gasteiger partial charge in [0.2, 0.25) is 0 Å². The molecule has 0 spiro atoms. The van der Waals surface area contributed by atoms with E-state index in [2.05, 4.69) is 27.5 Å². The van der Waals surface area contributed by atoms with Crippen molar-refractivity contribution in [1.82, 2.24) is 19.8 Å². The Labute approximate surface area is 162 Å². The predicted octanol–water partition coefficient (Wildman–Crippen LogP) is 3.72. The number of carbonyl (C=O) groups excluding carboxylic acids is 2. The van der Waals surface area contributed by atoms with Crippen LogP contribution in [0.25, 0.3) is 22.7 Å². The maximum Gasteiger partial charge on any atom is 0.329 e. The molecule has 1 N–H and O–H groups in total. The summed E-state index contributed by atoms with van der Waals surface area (Å²) >= 11 is 0. The molecule has 2 aromatic heterocycles. The smallest absolute Gasteiger partial charge is 0.318 e. The van der Waals surface area contributed by atoms with E-state index in [4.69, 9.17) is 0 Å². The van der Waals surface area contributed by atoms with Crippen molar-refractivity contribution < 1.29 is 9.59 Å². The Morgan fingerprint density at radius 1 is 1.18 bits per heavy atom. The maximum atomic E-state index is 12.4. The van der Waals surface area contributed by atoms with E-state index in [1.807, 2.05) is 44.2 Å². The van der Waals surface area contributed by atoms with Crippen LogP contribution in [-0.4, -0.2) is 32.9 Å². The highest BCUT2D eigenvalue weighted by molar-refractivity contribution is 6.14. The van der Waals surface area contributed by atoms with Gasteiger partial charge in [0.1, 0.15) is 5.70 Å². The molecule has 4 rings (SSSR count). The minimum Gasteiger partial charge on any atom is -0.318 e. The third kappa shape index (κ3) is 2.89. The molecule has 0 atom stereocenters. The number of benzene rings is 1. The van der Waals surface area contributed by atoms with Gasteiger partial charge in [-0.2, -0.15) is 0 Å². The Kier molecular flexibility index (Phi) is 4.31. The molecular weight excluding hydrogens is 352 g/mol. The Hall–Kier alpha value is -3.67. The molecule has 0 unspecified atom stereocenters. The summed E-state index contributed by atoms with van der Waals surface area (Å²) in [5, 5.41) is 3.70. The standard InChI is InChI=1S/C22H20N4O2/c1-4-10-25-21(27)20(24-22(25)28)13-17-11-14(2)26(15(17)3)18-7-8-19-16(12-18)6-5-9-23-19/h4-9,11-13H,1,10H2,2-3H3,(H,24,28)/b20-13+. The molecule has 1 aliphatic rings. The van der Waals surface area contributed by atoms with Gasteiger partial charge in [-0.05, 0) is 55.8 Å². The van der Waals surface area contributed by atoms with Gasteiger partial charge in [0.05, 0.1) is 5.52 Å². The largest absolute Gasteiger partial charge is 0.329 e. The first-order chi connectivity index (χ1) is 13.5. The molecule has 6 heteroatoms. The Bertz CT molecular complexity index is 1160. The van der Waals surface area contributed by atoms with Crippen molar-refractivity contribution in [3.8, 4) is 5.69 Å². The zero-order chi connectivity index (χ0) is 19.8. The molecule has 28 heavy (non-hydrogen) atoms. The number of aromatic nitrogens is 2. The molecule has 1 fully saturated rings. The summed E-state index contributed by atoms with van der Waals surface area (Å²) in [6.07, 6.45) is 5.03. The Morgan fingerprint density at radius 3 is 2.79 bits per heavy atom. The minimum absolute atomic E-state index is 0.187. The molecule has 0 saturated carbocycles. The highest BCUT2D eigenvalue weighted by Crippen LogP contribution is 2.25. The molecule has 0 radical (unpaired) electrons. The molecule has 3 amide bonds. The zero-order valence-corrected chi connectivity index (χ0v) is 15.8. The first-order valence-corrected chi connectivity index (χ1v) is 8.99. The van der Waals surface area contributed by atoms with E-state index in [-0.39, 0.29) is 18.1 Å². The van der Waals surface area contributed by atoms with Gasteiger partial charge in [-0.15, -0.1) is 6.58 Å². The van der Waals surface area contributed by atoms with Crippen LogP contribution in [0.3, 0.4) is 0 Å².